The molecule has 20 heavy (non-hydrogen) atoms. The van der Waals surface area contributed by atoms with Crippen LogP contribution in [0.3, 0.4) is 0 Å². The van der Waals surface area contributed by atoms with E-state index in [0.717, 1.165) is 17.0 Å². The molecule has 0 fully saturated rings. The summed E-state index contributed by atoms with van der Waals surface area (Å²) >= 11 is 6.16. The molecule has 1 aromatic heterocycles. The molecule has 1 aromatic carbocycles. The standard InChI is InChI=1S/C15H20ClN3O/c1-15(2,3)19-10-11(9-18-19)8-17-14-7-12(20-4)5-6-13(14)16/h5-7,9-10,17H,8H2,1-4H3. The van der Waals surface area contributed by atoms with Crippen LogP contribution in [-0.4, -0.2) is 16.9 Å². The third-order valence-electron chi connectivity index (χ3n) is 2.98. The third-order valence-corrected chi connectivity index (χ3v) is 3.31. The molecular formula is C15H20ClN3O. The number of halogens is 1. The topological polar surface area (TPSA) is 39.1 Å². The molecule has 0 amide bonds. The van der Waals surface area contributed by atoms with Crippen molar-refractivity contribution in [3.05, 3.63) is 41.2 Å². The van der Waals surface area contributed by atoms with Gasteiger partial charge in [-0.1, -0.05) is 11.6 Å². The van der Waals surface area contributed by atoms with Crippen LogP contribution in [0, 0.1) is 0 Å². The number of aromatic nitrogens is 2. The molecule has 108 valence electrons. The maximum Gasteiger partial charge on any atom is 0.121 e. The lowest BCUT2D eigenvalue weighted by Gasteiger charge is -2.18. The zero-order chi connectivity index (χ0) is 14.8. The van der Waals surface area contributed by atoms with Gasteiger partial charge in [0.2, 0.25) is 0 Å². The Hall–Kier alpha value is -1.68. The molecule has 2 aromatic rings. The fraction of sp³-hybridized carbons (Fsp3) is 0.400. The molecule has 5 heteroatoms. The number of benzene rings is 1. The lowest BCUT2D eigenvalue weighted by atomic mass is 10.1. The maximum atomic E-state index is 6.16. The first-order valence-electron chi connectivity index (χ1n) is 6.51. The zero-order valence-electron chi connectivity index (χ0n) is 12.3. The highest BCUT2D eigenvalue weighted by Gasteiger charge is 2.13. The number of hydrogen-bond acceptors (Lipinski definition) is 3. The molecule has 1 heterocycles. The van der Waals surface area contributed by atoms with Crippen LogP contribution in [0.5, 0.6) is 5.75 Å². The lowest BCUT2D eigenvalue weighted by Crippen LogP contribution is -2.21. The molecular weight excluding hydrogens is 274 g/mol. The van der Waals surface area contributed by atoms with Crippen molar-refractivity contribution in [1.82, 2.24) is 9.78 Å². The summed E-state index contributed by atoms with van der Waals surface area (Å²) in [5.41, 5.74) is 1.96. The van der Waals surface area contributed by atoms with Gasteiger partial charge in [-0.05, 0) is 32.9 Å². The molecule has 0 atom stereocenters. The molecule has 0 aliphatic rings. The number of anilines is 1. The summed E-state index contributed by atoms with van der Waals surface area (Å²) in [5.74, 6) is 0.780. The van der Waals surface area contributed by atoms with E-state index in [1.165, 1.54) is 0 Å². The average Bonchev–Trinajstić information content (AvgIpc) is 2.86. The predicted molar refractivity (Wildman–Crippen MR) is 82.6 cm³/mol. The van der Waals surface area contributed by atoms with Crippen molar-refractivity contribution in [3.63, 3.8) is 0 Å². The van der Waals surface area contributed by atoms with Crippen molar-refractivity contribution < 1.29 is 4.74 Å². The lowest BCUT2D eigenvalue weighted by molar-refractivity contribution is 0.355. The maximum absolute atomic E-state index is 6.16. The highest BCUT2D eigenvalue weighted by molar-refractivity contribution is 6.33. The summed E-state index contributed by atoms with van der Waals surface area (Å²) in [7, 11) is 1.64. The van der Waals surface area contributed by atoms with Crippen LogP contribution in [0.4, 0.5) is 5.69 Å². The Labute approximate surface area is 124 Å². The number of rotatable bonds is 4. The zero-order valence-corrected chi connectivity index (χ0v) is 13.0. The molecule has 4 nitrogen and oxygen atoms in total. The van der Waals surface area contributed by atoms with Crippen molar-refractivity contribution in [1.29, 1.82) is 0 Å². The first-order valence-corrected chi connectivity index (χ1v) is 6.89. The molecule has 0 aliphatic heterocycles. The number of ether oxygens (including phenoxy) is 1. The summed E-state index contributed by atoms with van der Waals surface area (Å²) in [6.45, 7) is 7.03. The largest absolute Gasteiger partial charge is 0.497 e. The smallest absolute Gasteiger partial charge is 0.121 e. The Kier molecular flexibility index (Phi) is 4.23. The molecule has 0 bridgehead atoms. The van der Waals surface area contributed by atoms with Crippen LogP contribution in [0.25, 0.3) is 0 Å². The van der Waals surface area contributed by atoms with Gasteiger partial charge in [-0.2, -0.15) is 5.10 Å². The van der Waals surface area contributed by atoms with Gasteiger partial charge in [0.1, 0.15) is 5.75 Å². The second kappa shape index (κ2) is 5.75. The van der Waals surface area contributed by atoms with Crippen LogP contribution in [0.2, 0.25) is 5.02 Å². The fourth-order valence-electron chi connectivity index (χ4n) is 1.78. The quantitative estimate of drug-likeness (QED) is 0.929. The van der Waals surface area contributed by atoms with Gasteiger partial charge in [-0.3, -0.25) is 4.68 Å². The van der Waals surface area contributed by atoms with E-state index < -0.39 is 0 Å². The van der Waals surface area contributed by atoms with Crippen molar-refractivity contribution in [2.24, 2.45) is 0 Å². The predicted octanol–water partition coefficient (Wildman–Crippen LogP) is 3.91. The van der Waals surface area contributed by atoms with Crippen molar-refractivity contribution in [2.45, 2.75) is 32.9 Å². The van der Waals surface area contributed by atoms with Crippen LogP contribution in [0.15, 0.2) is 30.6 Å². The molecule has 0 spiro atoms. The second-order valence-corrected chi connectivity index (χ2v) is 6.07. The minimum atomic E-state index is -0.00807. The number of hydrogen-bond donors (Lipinski definition) is 1. The monoisotopic (exact) mass is 293 g/mol. The van der Waals surface area contributed by atoms with E-state index in [1.807, 2.05) is 35.3 Å². The van der Waals surface area contributed by atoms with Crippen LogP contribution in [-0.2, 0) is 12.1 Å². The van der Waals surface area contributed by atoms with Gasteiger partial charge in [-0.25, -0.2) is 0 Å². The van der Waals surface area contributed by atoms with Gasteiger partial charge in [0.05, 0.1) is 29.6 Å². The molecule has 2 rings (SSSR count). The molecule has 0 unspecified atom stereocenters. The normalized spacial score (nSPS) is 11.4. The minimum absolute atomic E-state index is 0.00807. The molecule has 0 aliphatic carbocycles. The van der Waals surface area contributed by atoms with Crippen molar-refractivity contribution in [3.8, 4) is 5.75 Å². The van der Waals surface area contributed by atoms with Gasteiger partial charge in [0, 0.05) is 24.4 Å². The van der Waals surface area contributed by atoms with E-state index in [9.17, 15) is 0 Å². The molecule has 0 saturated carbocycles. The summed E-state index contributed by atoms with van der Waals surface area (Å²) in [5, 5.41) is 8.35. The van der Waals surface area contributed by atoms with Crippen LogP contribution < -0.4 is 10.1 Å². The van der Waals surface area contributed by atoms with E-state index in [1.54, 1.807) is 7.11 Å². The van der Waals surface area contributed by atoms with Gasteiger partial charge in [-0.15, -0.1) is 0 Å². The van der Waals surface area contributed by atoms with E-state index in [0.29, 0.717) is 11.6 Å². The average molecular weight is 294 g/mol. The van der Waals surface area contributed by atoms with Crippen molar-refractivity contribution in [2.75, 3.05) is 12.4 Å². The Morgan fingerprint density at radius 1 is 1.35 bits per heavy atom. The van der Waals surface area contributed by atoms with Gasteiger partial charge in [0.15, 0.2) is 0 Å². The van der Waals surface area contributed by atoms with Crippen molar-refractivity contribution >= 4 is 17.3 Å². The Morgan fingerprint density at radius 3 is 2.70 bits per heavy atom. The summed E-state index contributed by atoms with van der Waals surface area (Å²) in [4.78, 5) is 0. The minimum Gasteiger partial charge on any atom is -0.497 e. The Bertz CT molecular complexity index is 587. The molecule has 0 radical (unpaired) electrons. The second-order valence-electron chi connectivity index (χ2n) is 5.66. The summed E-state index contributed by atoms with van der Waals surface area (Å²) in [6, 6.07) is 5.54. The van der Waals surface area contributed by atoms with E-state index >= 15 is 0 Å². The number of nitrogens with one attached hydrogen (secondary N) is 1. The number of methoxy groups -OCH3 is 1. The third kappa shape index (κ3) is 3.45. The van der Waals surface area contributed by atoms with Gasteiger partial charge in [0.25, 0.3) is 0 Å². The first kappa shape index (κ1) is 14.7. The van der Waals surface area contributed by atoms with Gasteiger partial charge >= 0.3 is 0 Å². The van der Waals surface area contributed by atoms with E-state index in [4.69, 9.17) is 16.3 Å². The highest BCUT2D eigenvalue weighted by atomic mass is 35.5. The summed E-state index contributed by atoms with van der Waals surface area (Å²) < 4.78 is 7.15. The SMILES string of the molecule is COc1ccc(Cl)c(NCc2cnn(C(C)(C)C)c2)c1. The van der Waals surface area contributed by atoms with Gasteiger partial charge < -0.3 is 10.1 Å². The Morgan fingerprint density at radius 2 is 2.10 bits per heavy atom. The number of nitrogens with zero attached hydrogens (tertiary/aromatic N) is 2. The Balaban J connectivity index is 2.07. The first-order chi connectivity index (χ1) is 9.40. The summed E-state index contributed by atoms with van der Waals surface area (Å²) in [6.07, 6.45) is 3.91. The van der Waals surface area contributed by atoms with Crippen LogP contribution in [0.1, 0.15) is 26.3 Å². The van der Waals surface area contributed by atoms with E-state index in [-0.39, 0.29) is 5.54 Å². The molecule has 1 N–H and O–H groups in total. The van der Waals surface area contributed by atoms with Crippen LogP contribution >= 0.6 is 11.6 Å². The van der Waals surface area contributed by atoms with E-state index in [2.05, 4.69) is 31.2 Å². The highest BCUT2D eigenvalue weighted by Crippen LogP contribution is 2.27. The molecule has 0 saturated heterocycles. The fourth-order valence-corrected chi connectivity index (χ4v) is 1.97.